The maximum atomic E-state index is 11.9. The Morgan fingerprint density at radius 1 is 1.45 bits per heavy atom. The minimum Gasteiger partial charge on any atom is -0.481 e. The van der Waals surface area contributed by atoms with Crippen LogP contribution in [0.2, 0.25) is 0 Å². The van der Waals surface area contributed by atoms with Crippen molar-refractivity contribution in [2.75, 3.05) is 5.32 Å². The van der Waals surface area contributed by atoms with Gasteiger partial charge in [-0.25, -0.2) is 0 Å². The molecule has 0 unspecified atom stereocenters. The molecule has 106 valence electrons. The van der Waals surface area contributed by atoms with Gasteiger partial charge in [0.05, 0.1) is 5.92 Å². The summed E-state index contributed by atoms with van der Waals surface area (Å²) < 4.78 is 0. The first-order valence-electron chi connectivity index (χ1n) is 6.85. The van der Waals surface area contributed by atoms with Crippen molar-refractivity contribution in [3.05, 3.63) is 42.0 Å². The van der Waals surface area contributed by atoms with Gasteiger partial charge in [-0.1, -0.05) is 24.3 Å². The molecule has 0 aromatic heterocycles. The quantitative estimate of drug-likeness (QED) is 0.810. The number of anilines is 1. The third-order valence-corrected chi connectivity index (χ3v) is 3.60. The SMILES string of the molecule is C[C@H](C(=O)O)c1cccc(NC(=O)C[C@H]2C=CCC2)c1. The fraction of sp³-hybridized carbons (Fsp3) is 0.375. The Labute approximate surface area is 118 Å². The zero-order chi connectivity index (χ0) is 14.5. The van der Waals surface area contributed by atoms with Crippen molar-refractivity contribution in [2.45, 2.75) is 32.1 Å². The van der Waals surface area contributed by atoms with Gasteiger partial charge in [-0.15, -0.1) is 0 Å². The van der Waals surface area contributed by atoms with Gasteiger partial charge in [0.15, 0.2) is 0 Å². The molecular formula is C16H19NO3. The van der Waals surface area contributed by atoms with Crippen molar-refractivity contribution in [2.24, 2.45) is 5.92 Å². The molecule has 0 saturated carbocycles. The van der Waals surface area contributed by atoms with E-state index in [1.54, 1.807) is 31.2 Å². The van der Waals surface area contributed by atoms with E-state index in [1.165, 1.54) is 0 Å². The minimum absolute atomic E-state index is 0.0262. The number of hydrogen-bond acceptors (Lipinski definition) is 2. The molecule has 2 atom stereocenters. The average molecular weight is 273 g/mol. The molecule has 0 radical (unpaired) electrons. The van der Waals surface area contributed by atoms with Crippen LogP contribution in [0.15, 0.2) is 36.4 Å². The lowest BCUT2D eigenvalue weighted by Gasteiger charge is -2.11. The molecule has 4 heteroatoms. The number of amides is 1. The van der Waals surface area contributed by atoms with Crippen LogP contribution in [0.1, 0.15) is 37.7 Å². The van der Waals surface area contributed by atoms with Crippen LogP contribution in [-0.2, 0) is 9.59 Å². The van der Waals surface area contributed by atoms with Gasteiger partial charge in [-0.2, -0.15) is 0 Å². The number of rotatable bonds is 5. The van der Waals surface area contributed by atoms with Crippen LogP contribution < -0.4 is 5.32 Å². The summed E-state index contributed by atoms with van der Waals surface area (Å²) in [5, 5.41) is 11.8. The van der Waals surface area contributed by atoms with E-state index in [9.17, 15) is 9.59 Å². The Bertz CT molecular complexity index is 536. The Kier molecular flexibility index (Phi) is 4.56. The normalized spacial score (nSPS) is 18.8. The van der Waals surface area contributed by atoms with Crippen LogP contribution in [0.5, 0.6) is 0 Å². The third-order valence-electron chi connectivity index (χ3n) is 3.60. The molecule has 0 fully saturated rings. The number of carboxylic acids is 1. The second kappa shape index (κ2) is 6.37. The lowest BCUT2D eigenvalue weighted by molar-refractivity contribution is -0.138. The first-order chi connectivity index (χ1) is 9.56. The molecule has 1 aliphatic rings. The number of carbonyl (C=O) groups is 2. The first-order valence-corrected chi connectivity index (χ1v) is 6.85. The van der Waals surface area contributed by atoms with Crippen LogP contribution in [0.3, 0.4) is 0 Å². The van der Waals surface area contributed by atoms with Crippen LogP contribution in [-0.4, -0.2) is 17.0 Å². The molecular weight excluding hydrogens is 254 g/mol. The molecule has 1 amide bonds. The van der Waals surface area contributed by atoms with Crippen molar-refractivity contribution < 1.29 is 14.7 Å². The van der Waals surface area contributed by atoms with Gasteiger partial charge in [-0.05, 0) is 43.4 Å². The van der Waals surface area contributed by atoms with E-state index in [2.05, 4.69) is 17.5 Å². The first kappa shape index (κ1) is 14.3. The van der Waals surface area contributed by atoms with Crippen molar-refractivity contribution in [1.29, 1.82) is 0 Å². The number of allylic oxidation sites excluding steroid dienone is 2. The molecule has 20 heavy (non-hydrogen) atoms. The zero-order valence-electron chi connectivity index (χ0n) is 11.5. The van der Waals surface area contributed by atoms with Crippen molar-refractivity contribution in [1.82, 2.24) is 0 Å². The van der Waals surface area contributed by atoms with Crippen molar-refractivity contribution in [3.8, 4) is 0 Å². The summed E-state index contributed by atoms with van der Waals surface area (Å²) >= 11 is 0. The Morgan fingerprint density at radius 3 is 2.90 bits per heavy atom. The van der Waals surface area contributed by atoms with Gasteiger partial charge in [0, 0.05) is 12.1 Å². The molecule has 0 saturated heterocycles. The zero-order valence-corrected chi connectivity index (χ0v) is 11.5. The molecule has 0 spiro atoms. The van der Waals surface area contributed by atoms with E-state index in [-0.39, 0.29) is 5.91 Å². The van der Waals surface area contributed by atoms with E-state index in [0.717, 1.165) is 12.8 Å². The average Bonchev–Trinajstić information content (AvgIpc) is 2.90. The molecule has 4 nitrogen and oxygen atoms in total. The number of benzene rings is 1. The fourth-order valence-corrected chi connectivity index (χ4v) is 2.34. The standard InChI is InChI=1S/C16H19NO3/c1-11(16(19)20)13-7-4-8-14(10-13)17-15(18)9-12-5-2-3-6-12/h2,4-5,7-8,10-12H,3,6,9H2,1H3,(H,17,18)(H,19,20)/t11-,12-/m0/s1. The van der Waals surface area contributed by atoms with Gasteiger partial charge < -0.3 is 10.4 Å². The molecule has 0 heterocycles. The van der Waals surface area contributed by atoms with Gasteiger partial charge in [0.25, 0.3) is 0 Å². The number of carboxylic acid groups (broad SMARTS) is 1. The van der Waals surface area contributed by atoms with Gasteiger partial charge in [0.2, 0.25) is 5.91 Å². The lowest BCUT2D eigenvalue weighted by atomic mass is 10.0. The molecule has 1 aromatic rings. The predicted molar refractivity (Wildman–Crippen MR) is 77.6 cm³/mol. The van der Waals surface area contributed by atoms with Gasteiger partial charge in [0.1, 0.15) is 0 Å². The molecule has 2 N–H and O–H groups in total. The van der Waals surface area contributed by atoms with Gasteiger partial charge in [-0.3, -0.25) is 9.59 Å². The highest BCUT2D eigenvalue weighted by atomic mass is 16.4. The maximum Gasteiger partial charge on any atom is 0.310 e. The summed E-state index contributed by atoms with van der Waals surface area (Å²) in [6.45, 7) is 1.63. The molecule has 1 aliphatic carbocycles. The second-order valence-electron chi connectivity index (χ2n) is 5.20. The van der Waals surface area contributed by atoms with E-state index in [4.69, 9.17) is 5.11 Å². The number of aliphatic carboxylic acids is 1. The van der Waals surface area contributed by atoms with E-state index in [0.29, 0.717) is 23.6 Å². The smallest absolute Gasteiger partial charge is 0.310 e. The summed E-state index contributed by atoms with van der Waals surface area (Å²) in [6, 6.07) is 7.02. The number of carbonyl (C=O) groups excluding carboxylic acids is 1. The molecule has 1 aromatic carbocycles. The summed E-state index contributed by atoms with van der Waals surface area (Å²) in [6.07, 6.45) is 6.75. The van der Waals surface area contributed by atoms with E-state index >= 15 is 0 Å². The highest BCUT2D eigenvalue weighted by Crippen LogP contribution is 2.22. The highest BCUT2D eigenvalue weighted by molar-refractivity contribution is 5.91. The number of nitrogens with one attached hydrogen (secondary N) is 1. The molecule has 0 bridgehead atoms. The summed E-state index contributed by atoms with van der Waals surface area (Å²) in [5.74, 6) is -1.15. The maximum absolute atomic E-state index is 11.9. The van der Waals surface area contributed by atoms with E-state index in [1.807, 2.05) is 0 Å². The Hall–Kier alpha value is -2.10. The topological polar surface area (TPSA) is 66.4 Å². The molecule has 2 rings (SSSR count). The monoisotopic (exact) mass is 273 g/mol. The molecule has 0 aliphatic heterocycles. The second-order valence-corrected chi connectivity index (χ2v) is 5.20. The van der Waals surface area contributed by atoms with Crippen LogP contribution >= 0.6 is 0 Å². The Balaban J connectivity index is 1.98. The van der Waals surface area contributed by atoms with Crippen molar-refractivity contribution >= 4 is 17.6 Å². The van der Waals surface area contributed by atoms with Gasteiger partial charge >= 0.3 is 5.97 Å². The minimum atomic E-state index is -0.871. The summed E-state index contributed by atoms with van der Waals surface area (Å²) in [5.41, 5.74) is 1.35. The number of hydrogen-bond donors (Lipinski definition) is 2. The van der Waals surface area contributed by atoms with Crippen LogP contribution in [0, 0.1) is 5.92 Å². The van der Waals surface area contributed by atoms with Crippen LogP contribution in [0.4, 0.5) is 5.69 Å². The van der Waals surface area contributed by atoms with Crippen LogP contribution in [0.25, 0.3) is 0 Å². The Morgan fingerprint density at radius 2 is 2.25 bits per heavy atom. The largest absolute Gasteiger partial charge is 0.481 e. The predicted octanol–water partition coefficient (Wildman–Crippen LogP) is 3.17. The van der Waals surface area contributed by atoms with E-state index < -0.39 is 11.9 Å². The summed E-state index contributed by atoms with van der Waals surface area (Å²) in [7, 11) is 0. The summed E-state index contributed by atoms with van der Waals surface area (Å²) in [4.78, 5) is 22.9. The van der Waals surface area contributed by atoms with Crippen molar-refractivity contribution in [3.63, 3.8) is 0 Å². The third kappa shape index (κ3) is 3.70. The lowest BCUT2D eigenvalue weighted by Crippen LogP contribution is -2.15. The highest BCUT2D eigenvalue weighted by Gasteiger charge is 2.16. The fourth-order valence-electron chi connectivity index (χ4n) is 2.34.